The van der Waals surface area contributed by atoms with E-state index in [4.69, 9.17) is 9.40 Å². The monoisotopic (exact) mass is 379 g/mol. The summed E-state index contributed by atoms with van der Waals surface area (Å²) < 4.78 is 7.50. The fourth-order valence-electron chi connectivity index (χ4n) is 4.31. The van der Waals surface area contributed by atoms with E-state index in [1.807, 2.05) is 4.90 Å². The molecule has 2 aliphatic rings. The SMILES string of the molecule is CN1CCN(C(=O)c2ccco2)CC1c1cn2c(N3CCCC3)cccc2n1. The van der Waals surface area contributed by atoms with E-state index in [0.717, 1.165) is 31.0 Å². The molecule has 2 aliphatic heterocycles. The van der Waals surface area contributed by atoms with Gasteiger partial charge in [-0.1, -0.05) is 6.07 Å². The van der Waals surface area contributed by atoms with Gasteiger partial charge in [-0.15, -0.1) is 0 Å². The highest BCUT2D eigenvalue weighted by Gasteiger charge is 2.31. The summed E-state index contributed by atoms with van der Waals surface area (Å²) in [7, 11) is 2.10. The van der Waals surface area contributed by atoms with Crippen LogP contribution in [-0.4, -0.2) is 64.9 Å². The van der Waals surface area contributed by atoms with Gasteiger partial charge in [-0.3, -0.25) is 14.1 Å². The molecular weight excluding hydrogens is 354 g/mol. The molecular formula is C21H25N5O2. The molecule has 0 aliphatic carbocycles. The van der Waals surface area contributed by atoms with Crippen molar-refractivity contribution >= 4 is 17.4 Å². The average Bonchev–Trinajstić information content (AvgIpc) is 3.48. The number of fused-ring (bicyclic) bond motifs is 1. The van der Waals surface area contributed by atoms with Gasteiger partial charge in [0.15, 0.2) is 5.76 Å². The summed E-state index contributed by atoms with van der Waals surface area (Å²) in [6.45, 7) is 4.31. The van der Waals surface area contributed by atoms with Gasteiger partial charge in [0.1, 0.15) is 11.5 Å². The Bertz CT molecular complexity index is 974. The second-order valence-electron chi connectivity index (χ2n) is 7.70. The van der Waals surface area contributed by atoms with Crippen LogP contribution in [0.4, 0.5) is 5.82 Å². The van der Waals surface area contributed by atoms with Gasteiger partial charge in [0, 0.05) is 38.9 Å². The maximum Gasteiger partial charge on any atom is 0.289 e. The van der Waals surface area contributed by atoms with E-state index >= 15 is 0 Å². The minimum absolute atomic E-state index is 0.0513. The van der Waals surface area contributed by atoms with Crippen molar-refractivity contribution in [1.82, 2.24) is 19.2 Å². The number of amides is 1. The summed E-state index contributed by atoms with van der Waals surface area (Å²) >= 11 is 0. The lowest BCUT2D eigenvalue weighted by molar-refractivity contribution is 0.0512. The van der Waals surface area contributed by atoms with Gasteiger partial charge in [-0.2, -0.15) is 0 Å². The number of anilines is 1. The standard InChI is InChI=1S/C21H25N5O2/c1-23-11-12-25(21(27)18-6-5-13-28-18)15-17(23)16-14-26-19(22-16)7-4-8-20(26)24-9-2-3-10-24/h4-8,13-14,17H,2-3,9-12,15H2,1H3. The summed E-state index contributed by atoms with van der Waals surface area (Å²) in [4.78, 5) is 24.2. The number of aromatic nitrogens is 2. The molecule has 2 saturated heterocycles. The maximum atomic E-state index is 12.7. The fourth-order valence-corrected chi connectivity index (χ4v) is 4.31. The molecule has 1 unspecified atom stereocenters. The van der Waals surface area contributed by atoms with Crippen molar-refractivity contribution in [1.29, 1.82) is 0 Å². The molecule has 5 heterocycles. The lowest BCUT2D eigenvalue weighted by Crippen LogP contribution is -2.49. The van der Waals surface area contributed by atoms with Crippen molar-refractivity contribution in [2.75, 3.05) is 44.7 Å². The Morgan fingerprint density at radius 2 is 1.96 bits per heavy atom. The van der Waals surface area contributed by atoms with E-state index < -0.39 is 0 Å². The van der Waals surface area contributed by atoms with E-state index in [1.54, 1.807) is 18.4 Å². The number of carbonyl (C=O) groups excluding carboxylic acids is 1. The van der Waals surface area contributed by atoms with Crippen molar-refractivity contribution in [2.45, 2.75) is 18.9 Å². The average molecular weight is 379 g/mol. The van der Waals surface area contributed by atoms with E-state index in [-0.39, 0.29) is 11.9 Å². The molecule has 0 saturated carbocycles. The number of hydrogen-bond donors (Lipinski definition) is 0. The van der Waals surface area contributed by atoms with Crippen LogP contribution in [0.2, 0.25) is 0 Å². The van der Waals surface area contributed by atoms with Crippen LogP contribution in [0.5, 0.6) is 0 Å². The van der Waals surface area contributed by atoms with Crippen LogP contribution in [0.15, 0.2) is 47.2 Å². The Morgan fingerprint density at radius 3 is 2.75 bits per heavy atom. The van der Waals surface area contributed by atoms with Gasteiger partial charge in [0.05, 0.1) is 18.0 Å². The molecule has 0 radical (unpaired) electrons. The maximum absolute atomic E-state index is 12.7. The summed E-state index contributed by atoms with van der Waals surface area (Å²) in [5.41, 5.74) is 1.97. The summed E-state index contributed by atoms with van der Waals surface area (Å²) in [6.07, 6.45) is 6.17. The van der Waals surface area contributed by atoms with Crippen molar-refractivity contribution in [3.63, 3.8) is 0 Å². The highest BCUT2D eigenvalue weighted by Crippen LogP contribution is 2.28. The normalized spacial score (nSPS) is 21.0. The van der Waals surface area contributed by atoms with E-state index in [2.05, 4.69) is 45.6 Å². The van der Waals surface area contributed by atoms with E-state index in [1.165, 1.54) is 18.7 Å². The number of furan rings is 1. The molecule has 3 aromatic rings. The quantitative estimate of drug-likeness (QED) is 0.700. The molecule has 1 atom stereocenters. The van der Waals surface area contributed by atoms with Crippen LogP contribution < -0.4 is 4.90 Å². The number of hydrogen-bond acceptors (Lipinski definition) is 5. The molecule has 0 N–H and O–H groups in total. The van der Waals surface area contributed by atoms with Crippen molar-refractivity contribution in [3.8, 4) is 0 Å². The van der Waals surface area contributed by atoms with E-state index in [9.17, 15) is 4.79 Å². The molecule has 7 heteroatoms. The second-order valence-corrected chi connectivity index (χ2v) is 7.70. The van der Waals surface area contributed by atoms with Gasteiger partial charge < -0.3 is 14.2 Å². The molecule has 2 fully saturated rings. The third-order valence-corrected chi connectivity index (χ3v) is 5.93. The number of imidazole rings is 1. The smallest absolute Gasteiger partial charge is 0.289 e. The molecule has 28 heavy (non-hydrogen) atoms. The van der Waals surface area contributed by atoms with Crippen LogP contribution in [0.1, 0.15) is 35.1 Å². The Morgan fingerprint density at radius 1 is 1.11 bits per heavy atom. The van der Waals surface area contributed by atoms with Crippen molar-refractivity contribution < 1.29 is 9.21 Å². The van der Waals surface area contributed by atoms with Crippen LogP contribution in [-0.2, 0) is 0 Å². The molecule has 1 amide bonds. The topological polar surface area (TPSA) is 57.2 Å². The second kappa shape index (κ2) is 6.98. The predicted octanol–water partition coefficient (Wildman–Crippen LogP) is 2.66. The lowest BCUT2D eigenvalue weighted by Gasteiger charge is -2.38. The highest BCUT2D eigenvalue weighted by molar-refractivity contribution is 5.91. The number of rotatable bonds is 3. The summed E-state index contributed by atoms with van der Waals surface area (Å²) in [6, 6.07) is 9.85. The number of likely N-dealkylation sites (N-methyl/N-ethyl adjacent to an activating group) is 1. The third-order valence-electron chi connectivity index (χ3n) is 5.93. The largest absolute Gasteiger partial charge is 0.459 e. The summed E-state index contributed by atoms with van der Waals surface area (Å²) in [5.74, 6) is 1.55. The Kier molecular flexibility index (Phi) is 4.31. The van der Waals surface area contributed by atoms with Crippen LogP contribution in [0.3, 0.4) is 0 Å². The van der Waals surface area contributed by atoms with Crippen molar-refractivity contribution in [2.24, 2.45) is 0 Å². The first-order chi connectivity index (χ1) is 13.7. The van der Waals surface area contributed by atoms with Crippen LogP contribution >= 0.6 is 0 Å². The van der Waals surface area contributed by atoms with Crippen LogP contribution in [0.25, 0.3) is 5.65 Å². The third kappa shape index (κ3) is 2.96. The zero-order valence-corrected chi connectivity index (χ0v) is 16.1. The minimum atomic E-state index is -0.0513. The first kappa shape index (κ1) is 17.3. The first-order valence-corrected chi connectivity index (χ1v) is 9.97. The molecule has 0 bridgehead atoms. The molecule has 7 nitrogen and oxygen atoms in total. The molecule has 5 rings (SSSR count). The number of pyridine rings is 1. The van der Waals surface area contributed by atoms with E-state index in [0.29, 0.717) is 18.8 Å². The lowest BCUT2D eigenvalue weighted by atomic mass is 10.1. The van der Waals surface area contributed by atoms with Gasteiger partial charge in [-0.05, 0) is 44.2 Å². The molecule has 3 aromatic heterocycles. The highest BCUT2D eigenvalue weighted by atomic mass is 16.3. The predicted molar refractivity (Wildman–Crippen MR) is 107 cm³/mol. The Labute approximate surface area is 164 Å². The zero-order chi connectivity index (χ0) is 19.1. The van der Waals surface area contributed by atoms with Gasteiger partial charge in [-0.25, -0.2) is 4.98 Å². The number of piperazine rings is 1. The van der Waals surface area contributed by atoms with Gasteiger partial charge >= 0.3 is 0 Å². The molecule has 0 spiro atoms. The fraction of sp³-hybridized carbons (Fsp3) is 0.429. The zero-order valence-electron chi connectivity index (χ0n) is 16.1. The number of nitrogens with zero attached hydrogens (tertiary/aromatic N) is 5. The van der Waals surface area contributed by atoms with Gasteiger partial charge in [0.2, 0.25) is 0 Å². The number of carbonyl (C=O) groups is 1. The van der Waals surface area contributed by atoms with Crippen LogP contribution in [0, 0.1) is 0 Å². The molecule has 0 aromatic carbocycles. The van der Waals surface area contributed by atoms with Gasteiger partial charge in [0.25, 0.3) is 5.91 Å². The molecule has 146 valence electrons. The Hall–Kier alpha value is -2.80. The Balaban J connectivity index is 1.44. The van der Waals surface area contributed by atoms with Crippen molar-refractivity contribution in [3.05, 3.63) is 54.2 Å². The summed E-state index contributed by atoms with van der Waals surface area (Å²) in [5, 5.41) is 0. The first-order valence-electron chi connectivity index (χ1n) is 9.97. The minimum Gasteiger partial charge on any atom is -0.459 e.